The topological polar surface area (TPSA) is 63.3 Å². The van der Waals surface area contributed by atoms with Gasteiger partial charge in [0.25, 0.3) is 0 Å². The number of hydrogen-bond acceptors (Lipinski definition) is 2. The van der Waals surface area contributed by atoms with Crippen molar-refractivity contribution in [2.24, 2.45) is 11.7 Å². The first-order valence-electron chi connectivity index (χ1n) is 4.82. The van der Waals surface area contributed by atoms with Crippen molar-refractivity contribution in [3.05, 3.63) is 43.0 Å². The van der Waals surface area contributed by atoms with Gasteiger partial charge in [-0.2, -0.15) is 0 Å². The van der Waals surface area contributed by atoms with Crippen molar-refractivity contribution < 1.29 is 9.46 Å². The lowest BCUT2D eigenvalue weighted by Crippen LogP contribution is -2.29. The second-order valence-electron chi connectivity index (χ2n) is 3.95. The summed E-state index contributed by atoms with van der Waals surface area (Å²) >= 11 is 0. The summed E-state index contributed by atoms with van der Waals surface area (Å²) in [5, 5.41) is -0.562. The molecule has 15 heavy (non-hydrogen) atoms. The molecule has 0 radical (unpaired) electrons. The van der Waals surface area contributed by atoms with Gasteiger partial charge in [0.1, 0.15) is 5.28 Å². The highest BCUT2D eigenvalue weighted by atomic mass is 31.2. The van der Waals surface area contributed by atoms with E-state index in [4.69, 9.17) is 5.73 Å². The van der Waals surface area contributed by atoms with Crippen molar-refractivity contribution in [2.75, 3.05) is 0 Å². The molecule has 0 saturated heterocycles. The number of nitrogens with two attached hydrogens (primary N) is 1. The Balaban J connectivity index is 2.37. The lowest BCUT2D eigenvalue weighted by Gasteiger charge is -2.19. The van der Waals surface area contributed by atoms with E-state index in [1.165, 1.54) is 0 Å². The predicted octanol–water partition coefficient (Wildman–Crippen LogP) is 1.44. The molecule has 1 saturated carbocycles. The van der Waals surface area contributed by atoms with Gasteiger partial charge in [0.05, 0.1) is 0 Å². The highest BCUT2D eigenvalue weighted by molar-refractivity contribution is 7.68. The second-order valence-corrected chi connectivity index (χ2v) is 6.45. The summed E-state index contributed by atoms with van der Waals surface area (Å²) in [4.78, 5) is 10.1. The summed E-state index contributed by atoms with van der Waals surface area (Å²) < 4.78 is 12.3. The Kier molecular flexibility index (Phi) is 2.34. The van der Waals surface area contributed by atoms with E-state index >= 15 is 0 Å². The first-order valence-corrected chi connectivity index (χ1v) is 6.48. The third-order valence-electron chi connectivity index (χ3n) is 2.98. The van der Waals surface area contributed by atoms with Crippen LogP contribution in [0.5, 0.6) is 0 Å². The minimum Gasteiger partial charge on any atom is -0.340 e. The van der Waals surface area contributed by atoms with E-state index in [0.29, 0.717) is 11.7 Å². The Morgan fingerprint density at radius 1 is 1.53 bits per heavy atom. The van der Waals surface area contributed by atoms with Gasteiger partial charge in [0.2, 0.25) is 7.37 Å². The Hall–Kier alpha value is -0.890. The molecule has 0 bridgehead atoms. The average molecular weight is 223 g/mol. The smallest absolute Gasteiger partial charge is 0.249 e. The van der Waals surface area contributed by atoms with E-state index in [2.05, 4.69) is 6.58 Å². The molecule has 1 aromatic rings. The summed E-state index contributed by atoms with van der Waals surface area (Å²) in [5.74, 6) is -0.0476. The minimum absolute atomic E-state index is 0.0476. The van der Waals surface area contributed by atoms with Crippen molar-refractivity contribution in [1.29, 1.82) is 0 Å². The molecule has 3 N–H and O–H groups in total. The fourth-order valence-corrected chi connectivity index (χ4v) is 3.86. The zero-order chi connectivity index (χ0) is 11.1. The number of rotatable bonds is 3. The van der Waals surface area contributed by atoms with Crippen molar-refractivity contribution >= 4 is 12.7 Å². The molecule has 1 aromatic carbocycles. The van der Waals surface area contributed by atoms with E-state index in [9.17, 15) is 9.46 Å². The molecule has 4 heteroatoms. The van der Waals surface area contributed by atoms with Gasteiger partial charge in [0.15, 0.2) is 0 Å². The molecule has 0 aliphatic heterocycles. The Morgan fingerprint density at radius 2 is 2.13 bits per heavy atom. The summed E-state index contributed by atoms with van der Waals surface area (Å²) in [5.41, 5.74) is 5.93. The average Bonchev–Trinajstić information content (AvgIpc) is 2.93. The van der Waals surface area contributed by atoms with Crippen molar-refractivity contribution in [3.63, 3.8) is 0 Å². The monoisotopic (exact) mass is 223 g/mol. The highest BCUT2D eigenvalue weighted by Gasteiger charge is 2.62. The van der Waals surface area contributed by atoms with Crippen LogP contribution in [0.4, 0.5) is 0 Å². The van der Waals surface area contributed by atoms with E-state index in [1.807, 2.05) is 6.07 Å². The van der Waals surface area contributed by atoms with Crippen LogP contribution in [0.15, 0.2) is 43.0 Å². The molecule has 2 rings (SSSR count). The third kappa shape index (κ3) is 1.48. The Morgan fingerprint density at radius 3 is 2.60 bits per heavy atom. The van der Waals surface area contributed by atoms with Crippen molar-refractivity contribution in [1.82, 2.24) is 0 Å². The van der Waals surface area contributed by atoms with Gasteiger partial charge in [-0.25, -0.2) is 0 Å². The molecular weight excluding hydrogens is 209 g/mol. The first-order chi connectivity index (χ1) is 7.02. The zero-order valence-electron chi connectivity index (χ0n) is 8.34. The Labute approximate surface area is 89.1 Å². The maximum atomic E-state index is 12.3. The third-order valence-corrected chi connectivity index (χ3v) is 5.62. The first kappa shape index (κ1) is 10.6. The van der Waals surface area contributed by atoms with Crippen LogP contribution in [0, 0.1) is 5.92 Å². The van der Waals surface area contributed by atoms with Gasteiger partial charge < -0.3 is 10.6 Å². The van der Waals surface area contributed by atoms with Gasteiger partial charge >= 0.3 is 0 Å². The summed E-state index contributed by atoms with van der Waals surface area (Å²) in [6.45, 7) is 3.61. The fraction of sp³-hybridized carbons (Fsp3) is 0.273. The second kappa shape index (κ2) is 3.31. The van der Waals surface area contributed by atoms with Gasteiger partial charge in [-0.1, -0.05) is 24.3 Å². The standard InChI is InChI=1S/C11H14NO2P/c1-2-9-8-11(9,12)15(13,14)10-6-4-3-5-7-10/h2-7,9H,1,8,12H2,(H,13,14)/t9-,11-/m0/s1. The van der Waals surface area contributed by atoms with E-state index in [-0.39, 0.29) is 5.92 Å². The van der Waals surface area contributed by atoms with Crippen LogP contribution >= 0.6 is 7.37 Å². The van der Waals surface area contributed by atoms with Crippen LogP contribution in [0.2, 0.25) is 0 Å². The summed E-state index contributed by atoms with van der Waals surface area (Å²) in [6, 6.07) is 8.59. The quantitative estimate of drug-likeness (QED) is 0.602. The van der Waals surface area contributed by atoms with E-state index < -0.39 is 12.6 Å². The van der Waals surface area contributed by atoms with Crippen LogP contribution in [0.3, 0.4) is 0 Å². The molecule has 1 aliphatic rings. The molecule has 80 valence electrons. The lowest BCUT2D eigenvalue weighted by molar-refractivity contribution is 0.470. The van der Waals surface area contributed by atoms with Crippen LogP contribution in [0.1, 0.15) is 6.42 Å². The molecule has 3 nitrogen and oxygen atoms in total. The van der Waals surface area contributed by atoms with Gasteiger partial charge in [-0.05, 0) is 18.6 Å². The molecule has 3 atom stereocenters. The molecule has 0 amide bonds. The fourth-order valence-electron chi connectivity index (χ4n) is 1.80. The molecule has 1 aliphatic carbocycles. The SMILES string of the molecule is C=C[C@H]1C[C@]1(N)P(=O)(O)c1ccccc1. The zero-order valence-corrected chi connectivity index (χ0v) is 9.23. The number of hydrogen-bond donors (Lipinski definition) is 2. The largest absolute Gasteiger partial charge is 0.340 e. The molecule has 0 heterocycles. The molecular formula is C11H14NO2P. The maximum Gasteiger partial charge on any atom is 0.249 e. The summed E-state index contributed by atoms with van der Waals surface area (Å²) in [7, 11) is -3.48. The van der Waals surface area contributed by atoms with Gasteiger partial charge in [-0.3, -0.25) is 4.57 Å². The van der Waals surface area contributed by atoms with Crippen LogP contribution in [-0.2, 0) is 4.57 Å². The van der Waals surface area contributed by atoms with Crippen LogP contribution in [-0.4, -0.2) is 10.2 Å². The predicted molar refractivity (Wildman–Crippen MR) is 61.1 cm³/mol. The van der Waals surface area contributed by atoms with Crippen LogP contribution < -0.4 is 11.0 Å². The maximum absolute atomic E-state index is 12.3. The highest BCUT2D eigenvalue weighted by Crippen LogP contribution is 2.66. The minimum atomic E-state index is -3.48. The number of benzene rings is 1. The van der Waals surface area contributed by atoms with E-state index in [1.54, 1.807) is 30.3 Å². The molecule has 0 spiro atoms. The van der Waals surface area contributed by atoms with E-state index in [0.717, 1.165) is 0 Å². The molecule has 0 aromatic heterocycles. The Bertz CT molecular complexity index is 431. The van der Waals surface area contributed by atoms with Crippen molar-refractivity contribution in [2.45, 2.75) is 11.7 Å². The summed E-state index contributed by atoms with van der Waals surface area (Å²) in [6.07, 6.45) is 2.20. The van der Waals surface area contributed by atoms with Gasteiger partial charge in [-0.15, -0.1) is 6.58 Å². The lowest BCUT2D eigenvalue weighted by atomic mass is 10.4. The molecule has 1 unspecified atom stereocenters. The van der Waals surface area contributed by atoms with Gasteiger partial charge in [0, 0.05) is 11.2 Å². The van der Waals surface area contributed by atoms with Crippen molar-refractivity contribution in [3.8, 4) is 0 Å². The molecule has 1 fully saturated rings. The normalized spacial score (nSPS) is 33.1. The van der Waals surface area contributed by atoms with Crippen LogP contribution in [0.25, 0.3) is 0 Å².